The van der Waals surface area contributed by atoms with Crippen LogP contribution in [0.5, 0.6) is 5.75 Å². The van der Waals surface area contributed by atoms with Crippen molar-refractivity contribution in [2.24, 2.45) is 0 Å². The normalized spacial score (nSPS) is 12.9. The molecule has 29 heavy (non-hydrogen) atoms. The van der Waals surface area contributed by atoms with Crippen molar-refractivity contribution >= 4 is 39.1 Å². The van der Waals surface area contributed by atoms with Gasteiger partial charge in [-0.25, -0.2) is 8.42 Å². The molecule has 0 bridgehead atoms. The van der Waals surface area contributed by atoms with E-state index in [0.717, 1.165) is 16.6 Å². The van der Waals surface area contributed by atoms with Gasteiger partial charge in [-0.3, -0.25) is 19.2 Å². The van der Waals surface area contributed by atoms with Crippen LogP contribution in [0, 0.1) is 10.1 Å². The highest BCUT2D eigenvalue weighted by Crippen LogP contribution is 2.35. The van der Waals surface area contributed by atoms with Gasteiger partial charge in [0.15, 0.2) is 0 Å². The second-order valence-electron chi connectivity index (χ2n) is 7.35. The molecule has 0 aromatic heterocycles. The number of amides is 1. The molecule has 0 aliphatic heterocycles. The fourth-order valence-electron chi connectivity index (χ4n) is 2.65. The van der Waals surface area contributed by atoms with Gasteiger partial charge >= 0.3 is 0 Å². The Bertz CT molecular complexity index is 836. The number of nitrogens with zero attached hydrogens (tertiary/aromatic N) is 2. The molecule has 0 spiro atoms. The zero-order chi connectivity index (χ0) is 22.4. The van der Waals surface area contributed by atoms with Gasteiger partial charge in [0.2, 0.25) is 15.9 Å². The SMILES string of the molecule is CC[C@@H](C(=O)NCCSC(C)(C)C)N(c1cc([N+](=O)[O-])ccc1OC)S(C)(=O)=O. The maximum Gasteiger partial charge on any atom is 0.271 e. The van der Waals surface area contributed by atoms with Crippen molar-refractivity contribution in [1.82, 2.24) is 5.32 Å². The molecular weight excluding hydrogens is 418 g/mol. The lowest BCUT2D eigenvalue weighted by Gasteiger charge is -2.31. The van der Waals surface area contributed by atoms with Crippen molar-refractivity contribution in [1.29, 1.82) is 0 Å². The number of hydrogen-bond acceptors (Lipinski definition) is 7. The monoisotopic (exact) mass is 447 g/mol. The number of benzene rings is 1. The van der Waals surface area contributed by atoms with Crippen LogP contribution in [0.4, 0.5) is 11.4 Å². The Hall–Kier alpha value is -2.01. The quantitative estimate of drug-likeness (QED) is 0.333. The third-order valence-electron chi connectivity index (χ3n) is 3.88. The molecule has 164 valence electrons. The van der Waals surface area contributed by atoms with E-state index in [-0.39, 0.29) is 28.3 Å². The summed E-state index contributed by atoms with van der Waals surface area (Å²) < 4.78 is 31.3. The highest BCUT2D eigenvalue weighted by atomic mass is 32.2. The number of hydrogen-bond donors (Lipinski definition) is 1. The van der Waals surface area contributed by atoms with Gasteiger partial charge < -0.3 is 10.1 Å². The molecule has 9 nitrogen and oxygen atoms in total. The van der Waals surface area contributed by atoms with Crippen LogP contribution in [0.25, 0.3) is 0 Å². The first kappa shape index (κ1) is 25.0. The molecule has 0 aliphatic carbocycles. The van der Waals surface area contributed by atoms with Gasteiger partial charge in [0.1, 0.15) is 17.5 Å². The van der Waals surface area contributed by atoms with Crippen molar-refractivity contribution in [3.05, 3.63) is 28.3 Å². The van der Waals surface area contributed by atoms with Crippen LogP contribution >= 0.6 is 11.8 Å². The highest BCUT2D eigenvalue weighted by molar-refractivity contribution is 8.00. The molecule has 0 heterocycles. The fraction of sp³-hybridized carbons (Fsp3) is 0.611. The summed E-state index contributed by atoms with van der Waals surface area (Å²) in [5, 5.41) is 13.9. The minimum absolute atomic E-state index is 0.0457. The molecule has 0 saturated heterocycles. The summed E-state index contributed by atoms with van der Waals surface area (Å²) in [4.78, 5) is 23.3. The number of nitro benzene ring substituents is 1. The third kappa shape index (κ3) is 7.39. The van der Waals surface area contributed by atoms with Crippen molar-refractivity contribution < 1.29 is 22.9 Å². The number of sulfonamides is 1. The van der Waals surface area contributed by atoms with E-state index in [9.17, 15) is 23.3 Å². The predicted molar refractivity (Wildman–Crippen MR) is 116 cm³/mol. The molecule has 1 amide bonds. The average Bonchev–Trinajstić information content (AvgIpc) is 2.60. The summed E-state index contributed by atoms with van der Waals surface area (Å²) in [6.07, 6.45) is 1.13. The van der Waals surface area contributed by atoms with Crippen LogP contribution in [0.3, 0.4) is 0 Å². The number of thioether (sulfide) groups is 1. The number of rotatable bonds is 10. The van der Waals surface area contributed by atoms with Gasteiger partial charge in [0, 0.05) is 29.2 Å². The van der Waals surface area contributed by atoms with E-state index in [4.69, 9.17) is 4.74 Å². The molecule has 0 saturated carbocycles. The second-order valence-corrected chi connectivity index (χ2v) is 11.1. The number of carbonyl (C=O) groups excluding carboxylic acids is 1. The number of nitrogens with one attached hydrogen (secondary N) is 1. The second kappa shape index (κ2) is 10.1. The Morgan fingerprint density at radius 2 is 2.00 bits per heavy atom. The van der Waals surface area contributed by atoms with E-state index < -0.39 is 26.9 Å². The van der Waals surface area contributed by atoms with Crippen LogP contribution in [0.15, 0.2) is 18.2 Å². The van der Waals surface area contributed by atoms with E-state index >= 15 is 0 Å². The van der Waals surface area contributed by atoms with Gasteiger partial charge in [-0.1, -0.05) is 27.7 Å². The summed E-state index contributed by atoms with van der Waals surface area (Å²) in [6.45, 7) is 8.24. The van der Waals surface area contributed by atoms with Crippen LogP contribution in [-0.4, -0.2) is 55.7 Å². The largest absolute Gasteiger partial charge is 0.495 e. The number of carbonyl (C=O) groups is 1. The molecule has 1 aromatic rings. The fourth-order valence-corrected chi connectivity index (χ4v) is 4.67. The summed E-state index contributed by atoms with van der Waals surface area (Å²) in [6, 6.07) is 2.57. The minimum Gasteiger partial charge on any atom is -0.495 e. The summed E-state index contributed by atoms with van der Waals surface area (Å²) in [5.74, 6) is 0.321. The smallest absolute Gasteiger partial charge is 0.271 e. The van der Waals surface area contributed by atoms with Crippen molar-refractivity contribution in [3.63, 3.8) is 0 Å². The summed E-state index contributed by atoms with van der Waals surface area (Å²) in [5.41, 5.74) is -0.346. The first-order valence-electron chi connectivity index (χ1n) is 9.05. The Kier molecular flexibility index (Phi) is 8.76. The van der Waals surface area contributed by atoms with Crippen molar-refractivity contribution in [2.45, 2.75) is 44.9 Å². The molecule has 0 radical (unpaired) electrons. The first-order valence-corrected chi connectivity index (χ1v) is 11.9. The molecule has 1 aromatic carbocycles. The lowest BCUT2D eigenvalue weighted by atomic mass is 10.1. The number of methoxy groups -OCH3 is 1. The predicted octanol–water partition coefficient (Wildman–Crippen LogP) is 2.80. The molecule has 0 aliphatic rings. The van der Waals surface area contributed by atoms with Gasteiger partial charge in [0.05, 0.1) is 18.3 Å². The van der Waals surface area contributed by atoms with Crippen LogP contribution < -0.4 is 14.4 Å². The Balaban J connectivity index is 3.24. The molecule has 0 fully saturated rings. The molecule has 1 N–H and O–H groups in total. The highest BCUT2D eigenvalue weighted by Gasteiger charge is 2.34. The van der Waals surface area contributed by atoms with Gasteiger partial charge in [-0.2, -0.15) is 11.8 Å². The van der Waals surface area contributed by atoms with Crippen LogP contribution in [0.1, 0.15) is 34.1 Å². The van der Waals surface area contributed by atoms with Crippen LogP contribution in [-0.2, 0) is 14.8 Å². The Labute approximate surface area is 176 Å². The zero-order valence-corrected chi connectivity index (χ0v) is 19.2. The van der Waals surface area contributed by atoms with Crippen molar-refractivity contribution in [3.8, 4) is 5.75 Å². The standard InChI is InChI=1S/C18H29N3O6S2/c1-7-14(17(22)19-10-11-28-18(2,3)4)20(29(6,25)26)15-12-13(21(23)24)8-9-16(15)27-5/h8-9,12,14H,7,10-11H2,1-6H3,(H,19,22)/t14-/m0/s1. The van der Waals surface area contributed by atoms with Gasteiger partial charge in [-0.05, 0) is 12.5 Å². The maximum atomic E-state index is 12.8. The number of ether oxygens (including phenoxy) is 1. The lowest BCUT2D eigenvalue weighted by Crippen LogP contribution is -2.49. The van der Waals surface area contributed by atoms with E-state index in [1.807, 2.05) is 0 Å². The Morgan fingerprint density at radius 3 is 2.45 bits per heavy atom. The van der Waals surface area contributed by atoms with Gasteiger partial charge in [0.25, 0.3) is 5.69 Å². The third-order valence-corrected chi connectivity index (χ3v) is 6.32. The van der Waals surface area contributed by atoms with Gasteiger partial charge in [-0.15, -0.1) is 0 Å². The molecular formula is C18H29N3O6S2. The number of non-ortho nitro benzene ring substituents is 1. The zero-order valence-electron chi connectivity index (χ0n) is 17.6. The van der Waals surface area contributed by atoms with Crippen molar-refractivity contribution in [2.75, 3.05) is 30.0 Å². The molecule has 1 atom stereocenters. The van der Waals surface area contributed by atoms with E-state index in [0.29, 0.717) is 12.3 Å². The molecule has 11 heteroatoms. The first-order chi connectivity index (χ1) is 13.3. The van der Waals surface area contributed by atoms with Crippen LogP contribution in [0.2, 0.25) is 0 Å². The average molecular weight is 448 g/mol. The number of nitro groups is 1. The van der Waals surface area contributed by atoms with E-state index in [1.54, 1.807) is 18.7 Å². The topological polar surface area (TPSA) is 119 Å². The van der Waals surface area contributed by atoms with E-state index in [2.05, 4.69) is 26.1 Å². The number of anilines is 1. The lowest BCUT2D eigenvalue weighted by molar-refractivity contribution is -0.384. The Morgan fingerprint density at radius 1 is 1.38 bits per heavy atom. The maximum absolute atomic E-state index is 12.8. The molecule has 1 rings (SSSR count). The summed E-state index contributed by atoms with van der Waals surface area (Å²) >= 11 is 1.67. The molecule has 0 unspecified atom stereocenters. The minimum atomic E-state index is -3.94. The summed E-state index contributed by atoms with van der Waals surface area (Å²) in [7, 11) is -2.61. The van der Waals surface area contributed by atoms with E-state index in [1.165, 1.54) is 19.2 Å².